The second-order valence-electron chi connectivity index (χ2n) is 5.35. The minimum Gasteiger partial charge on any atom is -0.348 e. The molecule has 100 valence electrons. The maximum Gasteiger partial charge on any atom is 0.272 e. The molecule has 1 heterocycles. The molecule has 0 aromatic carbocycles. The first kappa shape index (κ1) is 13.1. The predicted octanol–water partition coefficient (Wildman–Crippen LogP) is 2.81. The molecule has 1 fully saturated rings. The van der Waals surface area contributed by atoms with Gasteiger partial charge < -0.3 is 5.32 Å². The lowest BCUT2D eigenvalue weighted by molar-refractivity contribution is 0.0921. The Morgan fingerprint density at radius 2 is 2.39 bits per heavy atom. The van der Waals surface area contributed by atoms with Crippen LogP contribution in [0.3, 0.4) is 0 Å². The van der Waals surface area contributed by atoms with Crippen LogP contribution in [0, 0.1) is 12.8 Å². The van der Waals surface area contributed by atoms with Gasteiger partial charge in [0, 0.05) is 11.7 Å². The van der Waals surface area contributed by atoms with Crippen LogP contribution in [0.2, 0.25) is 0 Å². The van der Waals surface area contributed by atoms with Crippen molar-refractivity contribution < 1.29 is 4.79 Å². The number of amides is 1. The van der Waals surface area contributed by atoms with E-state index in [0.29, 0.717) is 17.7 Å². The fourth-order valence-electron chi connectivity index (χ4n) is 2.82. The Morgan fingerprint density at radius 3 is 3.06 bits per heavy atom. The number of nitrogens with one attached hydrogen (secondary N) is 2. The summed E-state index contributed by atoms with van der Waals surface area (Å²) < 4.78 is 0. The Hall–Kier alpha value is -1.32. The molecule has 2 atom stereocenters. The third-order valence-corrected chi connectivity index (χ3v) is 3.84. The smallest absolute Gasteiger partial charge is 0.272 e. The Morgan fingerprint density at radius 1 is 1.56 bits per heavy atom. The largest absolute Gasteiger partial charge is 0.348 e. The first-order valence-corrected chi connectivity index (χ1v) is 7.03. The number of carbonyl (C=O) groups is 1. The van der Waals surface area contributed by atoms with E-state index < -0.39 is 0 Å². The van der Waals surface area contributed by atoms with Gasteiger partial charge in [-0.2, -0.15) is 5.10 Å². The van der Waals surface area contributed by atoms with Crippen LogP contribution in [0.15, 0.2) is 6.07 Å². The predicted molar refractivity (Wildman–Crippen MR) is 71.4 cm³/mol. The second-order valence-corrected chi connectivity index (χ2v) is 5.35. The molecule has 1 amide bonds. The molecule has 0 bridgehead atoms. The standard InChI is InChI=1S/C14H23N3O/c1-3-4-6-11-7-5-8-12(11)15-14(18)13-9-10(2)16-17-13/h9,11-12H,3-8H2,1-2H3,(H,15,18)(H,16,17). The molecule has 2 unspecified atom stereocenters. The van der Waals surface area contributed by atoms with Gasteiger partial charge in [-0.3, -0.25) is 9.89 Å². The van der Waals surface area contributed by atoms with Gasteiger partial charge in [-0.05, 0) is 38.2 Å². The van der Waals surface area contributed by atoms with Crippen LogP contribution in [-0.2, 0) is 0 Å². The molecule has 18 heavy (non-hydrogen) atoms. The summed E-state index contributed by atoms with van der Waals surface area (Å²) in [6.45, 7) is 4.12. The van der Waals surface area contributed by atoms with Crippen LogP contribution in [-0.4, -0.2) is 22.1 Å². The normalized spacial score (nSPS) is 23.2. The third-order valence-electron chi connectivity index (χ3n) is 3.84. The molecule has 2 rings (SSSR count). The van der Waals surface area contributed by atoms with Crippen LogP contribution in [0.4, 0.5) is 0 Å². The van der Waals surface area contributed by atoms with Crippen LogP contribution in [0.1, 0.15) is 61.6 Å². The van der Waals surface area contributed by atoms with Gasteiger partial charge in [0.2, 0.25) is 0 Å². The molecule has 1 aromatic heterocycles. The van der Waals surface area contributed by atoms with Crippen LogP contribution >= 0.6 is 0 Å². The molecular formula is C14H23N3O. The van der Waals surface area contributed by atoms with Gasteiger partial charge in [0.05, 0.1) is 0 Å². The number of aromatic amines is 1. The van der Waals surface area contributed by atoms with E-state index in [1.165, 1.54) is 32.1 Å². The molecule has 1 aromatic rings. The van der Waals surface area contributed by atoms with Crippen molar-refractivity contribution >= 4 is 5.91 Å². The number of carbonyl (C=O) groups excluding carboxylic acids is 1. The van der Waals surface area contributed by atoms with Crippen molar-refractivity contribution in [1.82, 2.24) is 15.5 Å². The van der Waals surface area contributed by atoms with Gasteiger partial charge in [-0.1, -0.05) is 26.2 Å². The van der Waals surface area contributed by atoms with Crippen molar-refractivity contribution in [3.8, 4) is 0 Å². The summed E-state index contributed by atoms with van der Waals surface area (Å²) in [7, 11) is 0. The molecule has 0 saturated heterocycles. The monoisotopic (exact) mass is 249 g/mol. The highest BCUT2D eigenvalue weighted by Crippen LogP contribution is 2.30. The van der Waals surface area contributed by atoms with E-state index in [-0.39, 0.29) is 5.91 Å². The van der Waals surface area contributed by atoms with Gasteiger partial charge in [0.25, 0.3) is 5.91 Å². The highest BCUT2D eigenvalue weighted by Gasteiger charge is 2.28. The summed E-state index contributed by atoms with van der Waals surface area (Å²) in [5, 5.41) is 9.96. The van der Waals surface area contributed by atoms with Gasteiger partial charge in [-0.25, -0.2) is 0 Å². The van der Waals surface area contributed by atoms with Crippen molar-refractivity contribution in [3.63, 3.8) is 0 Å². The number of nitrogens with zero attached hydrogens (tertiary/aromatic N) is 1. The lowest BCUT2D eigenvalue weighted by Crippen LogP contribution is -2.37. The molecule has 0 aliphatic heterocycles. The molecule has 4 heteroatoms. The van der Waals surface area contributed by atoms with Crippen LogP contribution < -0.4 is 5.32 Å². The maximum absolute atomic E-state index is 12.0. The summed E-state index contributed by atoms with van der Waals surface area (Å²) in [6.07, 6.45) is 7.34. The Balaban J connectivity index is 1.90. The quantitative estimate of drug-likeness (QED) is 0.843. The highest BCUT2D eigenvalue weighted by molar-refractivity contribution is 5.92. The van der Waals surface area contributed by atoms with Crippen molar-refractivity contribution in [3.05, 3.63) is 17.5 Å². The van der Waals surface area contributed by atoms with E-state index in [0.717, 1.165) is 12.1 Å². The molecule has 4 nitrogen and oxygen atoms in total. The SMILES string of the molecule is CCCCC1CCCC1NC(=O)c1cc(C)[nH]n1. The zero-order chi connectivity index (χ0) is 13.0. The molecule has 1 saturated carbocycles. The van der Waals surface area contributed by atoms with E-state index in [1.807, 2.05) is 6.92 Å². The highest BCUT2D eigenvalue weighted by atomic mass is 16.2. The number of unbranched alkanes of at least 4 members (excludes halogenated alkanes) is 1. The molecule has 2 N–H and O–H groups in total. The van der Waals surface area contributed by atoms with E-state index in [9.17, 15) is 4.79 Å². The van der Waals surface area contributed by atoms with Gasteiger partial charge in [0.1, 0.15) is 5.69 Å². The van der Waals surface area contributed by atoms with Crippen molar-refractivity contribution in [2.75, 3.05) is 0 Å². The summed E-state index contributed by atoms with van der Waals surface area (Å²) in [5.41, 5.74) is 1.43. The lowest BCUT2D eigenvalue weighted by atomic mass is 9.97. The lowest BCUT2D eigenvalue weighted by Gasteiger charge is -2.20. The minimum absolute atomic E-state index is 0.0345. The Labute approximate surface area is 109 Å². The Kier molecular flexibility index (Phi) is 4.39. The molecule has 0 radical (unpaired) electrons. The average Bonchev–Trinajstić information content (AvgIpc) is 2.96. The molecule has 1 aliphatic carbocycles. The number of hydrogen-bond acceptors (Lipinski definition) is 2. The maximum atomic E-state index is 12.0. The van der Waals surface area contributed by atoms with Crippen molar-refractivity contribution in [1.29, 1.82) is 0 Å². The summed E-state index contributed by atoms with van der Waals surface area (Å²) in [6, 6.07) is 2.15. The number of rotatable bonds is 5. The molecule has 0 spiro atoms. The summed E-state index contributed by atoms with van der Waals surface area (Å²) in [4.78, 5) is 12.0. The zero-order valence-electron chi connectivity index (χ0n) is 11.3. The summed E-state index contributed by atoms with van der Waals surface area (Å²) >= 11 is 0. The minimum atomic E-state index is -0.0345. The zero-order valence-corrected chi connectivity index (χ0v) is 11.3. The van der Waals surface area contributed by atoms with Crippen LogP contribution in [0.25, 0.3) is 0 Å². The molecular weight excluding hydrogens is 226 g/mol. The number of aromatic nitrogens is 2. The van der Waals surface area contributed by atoms with Crippen LogP contribution in [0.5, 0.6) is 0 Å². The fourth-order valence-corrected chi connectivity index (χ4v) is 2.82. The topological polar surface area (TPSA) is 57.8 Å². The number of H-pyrrole nitrogens is 1. The fraction of sp³-hybridized carbons (Fsp3) is 0.714. The van der Waals surface area contributed by atoms with E-state index in [1.54, 1.807) is 6.07 Å². The second kappa shape index (κ2) is 6.03. The Bertz CT molecular complexity index is 399. The number of hydrogen-bond donors (Lipinski definition) is 2. The number of aryl methyl sites for hydroxylation is 1. The third kappa shape index (κ3) is 3.12. The summed E-state index contributed by atoms with van der Waals surface area (Å²) in [5.74, 6) is 0.627. The van der Waals surface area contributed by atoms with Gasteiger partial charge in [0.15, 0.2) is 0 Å². The van der Waals surface area contributed by atoms with E-state index in [2.05, 4.69) is 22.4 Å². The first-order valence-electron chi connectivity index (χ1n) is 7.03. The van der Waals surface area contributed by atoms with Gasteiger partial charge in [-0.15, -0.1) is 0 Å². The van der Waals surface area contributed by atoms with Crippen molar-refractivity contribution in [2.24, 2.45) is 5.92 Å². The van der Waals surface area contributed by atoms with Gasteiger partial charge >= 0.3 is 0 Å². The van der Waals surface area contributed by atoms with E-state index >= 15 is 0 Å². The van der Waals surface area contributed by atoms with Crippen molar-refractivity contribution in [2.45, 2.75) is 58.4 Å². The average molecular weight is 249 g/mol. The first-order chi connectivity index (χ1) is 8.70. The molecule has 1 aliphatic rings. The van der Waals surface area contributed by atoms with E-state index in [4.69, 9.17) is 0 Å².